The smallest absolute Gasteiger partial charge is 0.216 e. The van der Waals surface area contributed by atoms with Crippen molar-refractivity contribution >= 4 is 10.0 Å². The molecule has 1 aliphatic heterocycles. The SMILES string of the molecule is CC1CCC(O)CN1S(=O)(=O)CCn1ccnc1. The molecule has 2 atom stereocenters. The summed E-state index contributed by atoms with van der Waals surface area (Å²) in [6, 6.07) is -0.0267. The number of β-amino-alcohol motifs (C(OH)–C–C–N with tert-alkyl or cyclic N) is 1. The Labute approximate surface area is 107 Å². The number of nitrogens with zero attached hydrogens (tertiary/aromatic N) is 3. The van der Waals surface area contributed by atoms with Gasteiger partial charge in [-0.05, 0) is 19.8 Å². The molecule has 1 aliphatic rings. The van der Waals surface area contributed by atoms with Gasteiger partial charge in [0.15, 0.2) is 0 Å². The van der Waals surface area contributed by atoms with Crippen LogP contribution in [0.2, 0.25) is 0 Å². The summed E-state index contributed by atoms with van der Waals surface area (Å²) in [4.78, 5) is 3.88. The number of piperidine rings is 1. The van der Waals surface area contributed by atoms with Crippen molar-refractivity contribution < 1.29 is 13.5 Å². The molecule has 0 amide bonds. The summed E-state index contributed by atoms with van der Waals surface area (Å²) in [5.74, 6) is 0.0421. The van der Waals surface area contributed by atoms with Crippen molar-refractivity contribution in [2.45, 2.75) is 38.5 Å². The Morgan fingerprint density at radius 3 is 2.89 bits per heavy atom. The van der Waals surface area contributed by atoms with Gasteiger partial charge in [-0.2, -0.15) is 4.31 Å². The molecular formula is C11H19N3O3S. The topological polar surface area (TPSA) is 75.4 Å². The van der Waals surface area contributed by atoms with Crippen molar-refractivity contribution in [2.75, 3.05) is 12.3 Å². The highest BCUT2D eigenvalue weighted by Gasteiger charge is 2.32. The highest BCUT2D eigenvalue weighted by atomic mass is 32.2. The maximum atomic E-state index is 12.2. The summed E-state index contributed by atoms with van der Waals surface area (Å²) in [6.45, 7) is 2.50. The van der Waals surface area contributed by atoms with Crippen molar-refractivity contribution in [3.05, 3.63) is 18.7 Å². The Hall–Kier alpha value is -0.920. The summed E-state index contributed by atoms with van der Waals surface area (Å²) < 4.78 is 27.6. The lowest BCUT2D eigenvalue weighted by atomic mass is 10.0. The number of aliphatic hydroxyl groups excluding tert-OH is 1. The Morgan fingerprint density at radius 1 is 1.44 bits per heavy atom. The fraction of sp³-hybridized carbons (Fsp3) is 0.727. The van der Waals surface area contributed by atoms with Crippen molar-refractivity contribution in [1.29, 1.82) is 0 Å². The predicted octanol–water partition coefficient (Wildman–Crippen LogP) is 0.0581. The lowest BCUT2D eigenvalue weighted by Gasteiger charge is -2.34. The van der Waals surface area contributed by atoms with Crippen LogP contribution in [0.1, 0.15) is 19.8 Å². The second kappa shape index (κ2) is 5.38. The number of aryl methyl sites for hydroxylation is 1. The van der Waals surface area contributed by atoms with Crippen molar-refractivity contribution in [3.63, 3.8) is 0 Å². The number of aromatic nitrogens is 2. The number of imidazole rings is 1. The summed E-state index contributed by atoms with van der Waals surface area (Å²) in [5, 5.41) is 9.59. The van der Waals surface area contributed by atoms with Crippen molar-refractivity contribution in [2.24, 2.45) is 0 Å². The molecule has 6 nitrogen and oxygen atoms in total. The minimum absolute atomic E-state index is 0.0267. The number of hydrogen-bond donors (Lipinski definition) is 1. The number of aliphatic hydroxyl groups is 1. The maximum Gasteiger partial charge on any atom is 0.216 e. The first-order valence-corrected chi connectivity index (χ1v) is 7.73. The zero-order valence-electron chi connectivity index (χ0n) is 10.4. The van der Waals surface area contributed by atoms with Gasteiger partial charge in [-0.25, -0.2) is 13.4 Å². The van der Waals surface area contributed by atoms with E-state index in [9.17, 15) is 13.5 Å². The van der Waals surface area contributed by atoms with E-state index in [1.807, 2.05) is 6.92 Å². The second-order valence-corrected chi connectivity index (χ2v) is 6.81. The molecule has 2 heterocycles. The van der Waals surface area contributed by atoms with Crippen LogP contribution in [-0.2, 0) is 16.6 Å². The standard InChI is InChI=1S/C11H19N3O3S/c1-10-2-3-11(15)8-14(10)18(16,17)7-6-13-5-4-12-9-13/h4-5,9-11,15H,2-3,6-8H2,1H3. The van der Waals surface area contributed by atoms with Gasteiger partial charge in [-0.15, -0.1) is 0 Å². The van der Waals surface area contributed by atoms with Gasteiger partial charge in [-0.3, -0.25) is 0 Å². The van der Waals surface area contributed by atoms with Crippen LogP contribution < -0.4 is 0 Å². The minimum Gasteiger partial charge on any atom is -0.392 e. The van der Waals surface area contributed by atoms with E-state index in [0.29, 0.717) is 19.4 Å². The third kappa shape index (κ3) is 3.09. The van der Waals surface area contributed by atoms with Gasteiger partial charge >= 0.3 is 0 Å². The Balaban J connectivity index is 2.00. The minimum atomic E-state index is -3.32. The van der Waals surface area contributed by atoms with Gasteiger partial charge in [0.25, 0.3) is 0 Å². The molecule has 1 N–H and O–H groups in total. The fourth-order valence-electron chi connectivity index (χ4n) is 2.20. The van der Waals surface area contributed by atoms with E-state index < -0.39 is 16.1 Å². The van der Waals surface area contributed by atoms with Gasteiger partial charge in [-0.1, -0.05) is 0 Å². The molecule has 0 aromatic carbocycles. The molecule has 2 rings (SSSR count). The van der Waals surface area contributed by atoms with E-state index in [-0.39, 0.29) is 18.3 Å². The highest BCUT2D eigenvalue weighted by Crippen LogP contribution is 2.20. The molecule has 1 fully saturated rings. The summed E-state index contributed by atoms with van der Waals surface area (Å²) in [6.07, 6.45) is 5.82. The number of rotatable bonds is 4. The van der Waals surface area contributed by atoms with Crippen LogP contribution in [0.3, 0.4) is 0 Å². The van der Waals surface area contributed by atoms with E-state index in [4.69, 9.17) is 0 Å². The first-order chi connectivity index (χ1) is 8.49. The molecular weight excluding hydrogens is 254 g/mol. The lowest BCUT2D eigenvalue weighted by molar-refractivity contribution is 0.0855. The molecule has 0 radical (unpaired) electrons. The van der Waals surface area contributed by atoms with Crippen molar-refractivity contribution in [1.82, 2.24) is 13.9 Å². The molecule has 0 spiro atoms. The van der Waals surface area contributed by atoms with Crippen LogP contribution in [0.5, 0.6) is 0 Å². The van der Waals surface area contributed by atoms with Crippen LogP contribution in [0.4, 0.5) is 0 Å². The van der Waals surface area contributed by atoms with E-state index in [1.165, 1.54) is 4.31 Å². The predicted molar refractivity (Wildman–Crippen MR) is 67.4 cm³/mol. The molecule has 1 saturated heterocycles. The first-order valence-electron chi connectivity index (χ1n) is 6.12. The molecule has 0 aliphatic carbocycles. The summed E-state index contributed by atoms with van der Waals surface area (Å²) in [7, 11) is -3.32. The molecule has 0 bridgehead atoms. The molecule has 7 heteroatoms. The average molecular weight is 273 g/mol. The van der Waals surface area contributed by atoms with Crippen LogP contribution in [0.25, 0.3) is 0 Å². The quantitative estimate of drug-likeness (QED) is 0.841. The van der Waals surface area contributed by atoms with Gasteiger partial charge in [0, 0.05) is 31.5 Å². The van der Waals surface area contributed by atoms with Crippen LogP contribution in [0.15, 0.2) is 18.7 Å². The van der Waals surface area contributed by atoms with Crippen LogP contribution in [0, 0.1) is 0 Å². The van der Waals surface area contributed by atoms with Crippen LogP contribution in [-0.4, -0.2) is 51.8 Å². The first kappa shape index (κ1) is 13.5. The molecule has 0 saturated carbocycles. The monoisotopic (exact) mass is 273 g/mol. The summed E-state index contributed by atoms with van der Waals surface area (Å²) >= 11 is 0. The molecule has 1 aromatic heterocycles. The molecule has 18 heavy (non-hydrogen) atoms. The third-order valence-corrected chi connectivity index (χ3v) is 5.25. The van der Waals surface area contributed by atoms with E-state index >= 15 is 0 Å². The fourth-order valence-corrected chi connectivity index (χ4v) is 3.93. The zero-order valence-corrected chi connectivity index (χ0v) is 11.3. The van der Waals surface area contributed by atoms with Gasteiger partial charge in [0.1, 0.15) is 0 Å². The number of sulfonamides is 1. The van der Waals surface area contributed by atoms with E-state index in [0.717, 1.165) is 0 Å². The van der Waals surface area contributed by atoms with Gasteiger partial charge < -0.3 is 9.67 Å². The van der Waals surface area contributed by atoms with Gasteiger partial charge in [0.2, 0.25) is 10.0 Å². The molecule has 102 valence electrons. The largest absolute Gasteiger partial charge is 0.392 e. The van der Waals surface area contributed by atoms with E-state index in [2.05, 4.69) is 4.98 Å². The van der Waals surface area contributed by atoms with Crippen LogP contribution >= 0.6 is 0 Å². The summed E-state index contributed by atoms with van der Waals surface area (Å²) in [5.41, 5.74) is 0. The van der Waals surface area contributed by atoms with Crippen molar-refractivity contribution in [3.8, 4) is 0 Å². The maximum absolute atomic E-state index is 12.2. The third-order valence-electron chi connectivity index (χ3n) is 3.32. The normalized spacial score (nSPS) is 26.3. The Kier molecular flexibility index (Phi) is 4.04. The average Bonchev–Trinajstić information content (AvgIpc) is 2.83. The molecule has 1 aromatic rings. The zero-order chi connectivity index (χ0) is 13.2. The van der Waals surface area contributed by atoms with E-state index in [1.54, 1.807) is 23.3 Å². The Bertz CT molecular complexity index is 472. The molecule has 2 unspecified atom stereocenters. The highest BCUT2D eigenvalue weighted by molar-refractivity contribution is 7.89. The Morgan fingerprint density at radius 2 is 2.22 bits per heavy atom. The number of hydrogen-bond acceptors (Lipinski definition) is 4. The lowest BCUT2D eigenvalue weighted by Crippen LogP contribution is -2.48. The second-order valence-electron chi connectivity index (χ2n) is 4.77. The van der Waals surface area contributed by atoms with Gasteiger partial charge in [0.05, 0.1) is 18.2 Å².